The first-order valence-electron chi connectivity index (χ1n) is 5.88. The third kappa shape index (κ3) is 3.49. The Hall–Kier alpha value is -1.50. The van der Waals surface area contributed by atoms with Gasteiger partial charge in [0.2, 0.25) is 5.89 Å². The smallest absolute Gasteiger partial charge is 0.248 e. The molecule has 2 heterocycles. The lowest BCUT2D eigenvalue weighted by molar-refractivity contribution is 0.362. The van der Waals surface area contributed by atoms with Crippen molar-refractivity contribution in [2.75, 3.05) is 5.73 Å². The minimum absolute atomic E-state index is 0.457. The molecule has 0 saturated heterocycles. The van der Waals surface area contributed by atoms with Gasteiger partial charge in [-0.3, -0.25) is 4.68 Å². The third-order valence-corrected chi connectivity index (χ3v) is 3.86. The standard InChI is InChI=1S/C11H17N5OS/c1-3-8(2)18-7-10-14-11(17-15-10)6-16-5-9(12)4-13-16/h4-5,8H,3,6-7,12H2,1-2H3. The van der Waals surface area contributed by atoms with Crippen molar-refractivity contribution in [3.63, 3.8) is 0 Å². The number of nitrogens with zero attached hydrogens (tertiary/aromatic N) is 4. The van der Waals surface area contributed by atoms with Crippen molar-refractivity contribution in [1.82, 2.24) is 19.9 Å². The Balaban J connectivity index is 1.90. The van der Waals surface area contributed by atoms with Gasteiger partial charge >= 0.3 is 0 Å². The van der Waals surface area contributed by atoms with Gasteiger partial charge in [-0.25, -0.2) is 0 Å². The molecule has 0 bridgehead atoms. The number of hydrogen-bond acceptors (Lipinski definition) is 6. The van der Waals surface area contributed by atoms with E-state index < -0.39 is 0 Å². The Morgan fingerprint density at radius 1 is 1.56 bits per heavy atom. The van der Waals surface area contributed by atoms with E-state index in [0.29, 0.717) is 23.4 Å². The molecule has 2 rings (SSSR count). The van der Waals surface area contributed by atoms with Crippen molar-refractivity contribution in [1.29, 1.82) is 0 Å². The van der Waals surface area contributed by atoms with E-state index in [1.165, 1.54) is 0 Å². The molecule has 1 unspecified atom stereocenters. The fourth-order valence-corrected chi connectivity index (χ4v) is 2.14. The van der Waals surface area contributed by atoms with Crippen LogP contribution in [0.15, 0.2) is 16.9 Å². The molecule has 0 spiro atoms. The Morgan fingerprint density at radius 2 is 2.39 bits per heavy atom. The van der Waals surface area contributed by atoms with Crippen LogP contribution >= 0.6 is 11.8 Å². The zero-order chi connectivity index (χ0) is 13.0. The summed E-state index contributed by atoms with van der Waals surface area (Å²) < 4.78 is 6.84. The zero-order valence-electron chi connectivity index (χ0n) is 10.5. The third-order valence-electron chi connectivity index (χ3n) is 2.53. The highest BCUT2D eigenvalue weighted by molar-refractivity contribution is 7.99. The molecule has 0 aliphatic rings. The SMILES string of the molecule is CCC(C)SCc1noc(Cn2cc(N)cn2)n1. The van der Waals surface area contributed by atoms with E-state index in [4.69, 9.17) is 10.3 Å². The number of rotatable bonds is 6. The summed E-state index contributed by atoms with van der Waals surface area (Å²) in [6, 6.07) is 0. The average Bonchev–Trinajstić information content (AvgIpc) is 2.96. The van der Waals surface area contributed by atoms with Crippen LogP contribution in [0.5, 0.6) is 0 Å². The number of thioether (sulfide) groups is 1. The molecule has 0 amide bonds. The Labute approximate surface area is 110 Å². The summed E-state index contributed by atoms with van der Waals surface area (Å²) in [5.74, 6) is 2.06. The van der Waals surface area contributed by atoms with Gasteiger partial charge in [0.1, 0.15) is 6.54 Å². The molecule has 0 aliphatic heterocycles. The van der Waals surface area contributed by atoms with Gasteiger partial charge in [0.25, 0.3) is 0 Å². The topological polar surface area (TPSA) is 82.8 Å². The second-order valence-electron chi connectivity index (χ2n) is 4.11. The monoisotopic (exact) mass is 267 g/mol. The first kappa shape index (κ1) is 12.9. The van der Waals surface area contributed by atoms with Gasteiger partial charge in [-0.05, 0) is 6.42 Å². The predicted molar refractivity (Wildman–Crippen MR) is 71.1 cm³/mol. The summed E-state index contributed by atoms with van der Waals surface area (Å²) in [5, 5.41) is 8.62. The predicted octanol–water partition coefficient (Wildman–Crippen LogP) is 1.93. The average molecular weight is 267 g/mol. The molecule has 6 nitrogen and oxygen atoms in total. The Morgan fingerprint density at radius 3 is 3.06 bits per heavy atom. The van der Waals surface area contributed by atoms with Gasteiger partial charge < -0.3 is 10.3 Å². The molecule has 98 valence electrons. The van der Waals surface area contributed by atoms with E-state index in [9.17, 15) is 0 Å². The highest BCUT2D eigenvalue weighted by Gasteiger charge is 2.09. The highest BCUT2D eigenvalue weighted by atomic mass is 32.2. The summed E-state index contributed by atoms with van der Waals surface area (Å²) in [7, 11) is 0. The second-order valence-corrected chi connectivity index (χ2v) is 5.53. The summed E-state index contributed by atoms with van der Waals surface area (Å²) in [4.78, 5) is 4.32. The zero-order valence-corrected chi connectivity index (χ0v) is 11.4. The van der Waals surface area contributed by atoms with E-state index >= 15 is 0 Å². The second kappa shape index (κ2) is 5.90. The summed E-state index contributed by atoms with van der Waals surface area (Å²) in [6.45, 7) is 4.82. The van der Waals surface area contributed by atoms with Crippen LogP contribution in [0.3, 0.4) is 0 Å². The van der Waals surface area contributed by atoms with Gasteiger partial charge in [0.05, 0.1) is 17.6 Å². The van der Waals surface area contributed by atoms with E-state index in [1.54, 1.807) is 17.1 Å². The molecule has 18 heavy (non-hydrogen) atoms. The van der Waals surface area contributed by atoms with E-state index in [1.807, 2.05) is 11.8 Å². The first-order chi connectivity index (χ1) is 8.67. The molecule has 1 atom stereocenters. The quantitative estimate of drug-likeness (QED) is 0.861. The van der Waals surface area contributed by atoms with Crippen molar-refractivity contribution in [3.8, 4) is 0 Å². The van der Waals surface area contributed by atoms with Crippen LogP contribution < -0.4 is 5.73 Å². The maximum absolute atomic E-state index is 5.58. The lowest BCUT2D eigenvalue weighted by atomic mass is 10.4. The molecule has 0 aliphatic carbocycles. The molecule has 2 aromatic heterocycles. The van der Waals surface area contributed by atoms with Gasteiger partial charge in [0, 0.05) is 11.4 Å². The fourth-order valence-electron chi connectivity index (χ4n) is 1.35. The van der Waals surface area contributed by atoms with E-state index in [0.717, 1.165) is 18.0 Å². The minimum Gasteiger partial charge on any atom is -0.396 e. The van der Waals surface area contributed by atoms with Crippen molar-refractivity contribution >= 4 is 17.4 Å². The van der Waals surface area contributed by atoms with Crippen LogP contribution in [-0.2, 0) is 12.3 Å². The number of anilines is 1. The lowest BCUT2D eigenvalue weighted by Gasteiger charge is -2.04. The van der Waals surface area contributed by atoms with Gasteiger partial charge in [-0.15, -0.1) is 0 Å². The number of hydrogen-bond donors (Lipinski definition) is 1. The van der Waals surface area contributed by atoms with Gasteiger partial charge in [-0.2, -0.15) is 21.8 Å². The summed E-state index contributed by atoms with van der Waals surface area (Å²) in [5.41, 5.74) is 6.21. The van der Waals surface area contributed by atoms with Crippen molar-refractivity contribution in [2.45, 2.75) is 37.8 Å². The van der Waals surface area contributed by atoms with Gasteiger partial charge in [0.15, 0.2) is 5.82 Å². The molecule has 0 radical (unpaired) electrons. The number of aromatic nitrogens is 4. The van der Waals surface area contributed by atoms with Gasteiger partial charge in [-0.1, -0.05) is 19.0 Å². The molecule has 2 N–H and O–H groups in total. The normalized spacial score (nSPS) is 12.8. The molecule has 0 aromatic carbocycles. The van der Waals surface area contributed by atoms with Crippen molar-refractivity contribution in [3.05, 3.63) is 24.1 Å². The Bertz CT molecular complexity index is 495. The number of nitrogens with two attached hydrogens (primary N) is 1. The van der Waals surface area contributed by atoms with Crippen molar-refractivity contribution in [2.24, 2.45) is 0 Å². The van der Waals surface area contributed by atoms with Crippen LogP contribution in [0.1, 0.15) is 32.0 Å². The maximum atomic E-state index is 5.58. The molecule has 7 heteroatoms. The van der Waals surface area contributed by atoms with Crippen LogP contribution in [0.4, 0.5) is 5.69 Å². The maximum Gasteiger partial charge on any atom is 0.248 e. The van der Waals surface area contributed by atoms with E-state index in [2.05, 4.69) is 29.1 Å². The molecular weight excluding hydrogens is 250 g/mol. The van der Waals surface area contributed by atoms with Crippen LogP contribution in [-0.4, -0.2) is 25.2 Å². The molecule has 2 aromatic rings. The van der Waals surface area contributed by atoms with E-state index in [-0.39, 0.29) is 0 Å². The van der Waals surface area contributed by atoms with Crippen LogP contribution in [0, 0.1) is 0 Å². The first-order valence-corrected chi connectivity index (χ1v) is 6.93. The fraction of sp³-hybridized carbons (Fsp3) is 0.545. The molecular formula is C11H17N5OS. The largest absolute Gasteiger partial charge is 0.396 e. The summed E-state index contributed by atoms with van der Waals surface area (Å²) in [6.07, 6.45) is 4.47. The van der Waals surface area contributed by atoms with Crippen LogP contribution in [0.2, 0.25) is 0 Å². The van der Waals surface area contributed by atoms with Crippen LogP contribution in [0.25, 0.3) is 0 Å². The minimum atomic E-state index is 0.457. The number of nitrogen functional groups attached to an aromatic ring is 1. The lowest BCUT2D eigenvalue weighted by Crippen LogP contribution is -2.00. The Kier molecular flexibility index (Phi) is 4.24. The van der Waals surface area contributed by atoms with Crippen molar-refractivity contribution < 1.29 is 4.52 Å². The summed E-state index contributed by atoms with van der Waals surface area (Å²) >= 11 is 1.83. The highest BCUT2D eigenvalue weighted by Crippen LogP contribution is 2.18. The molecule has 0 saturated carbocycles. The molecule has 0 fully saturated rings.